The fourth-order valence-corrected chi connectivity index (χ4v) is 4.27. The Bertz CT molecular complexity index is 589. The van der Waals surface area contributed by atoms with Crippen molar-refractivity contribution < 1.29 is 9.59 Å². The lowest BCUT2D eigenvalue weighted by molar-refractivity contribution is -0.132. The van der Waals surface area contributed by atoms with Crippen LogP contribution in [-0.4, -0.2) is 52.8 Å². The molecule has 0 radical (unpaired) electrons. The number of amides is 2. The van der Waals surface area contributed by atoms with E-state index in [0.29, 0.717) is 44.2 Å². The van der Waals surface area contributed by atoms with E-state index in [1.54, 1.807) is 5.38 Å². The van der Waals surface area contributed by atoms with Gasteiger partial charge in [-0.25, -0.2) is 4.98 Å². The van der Waals surface area contributed by atoms with Crippen molar-refractivity contribution in [2.75, 3.05) is 26.2 Å². The van der Waals surface area contributed by atoms with Crippen molar-refractivity contribution in [2.24, 2.45) is 11.7 Å². The highest BCUT2D eigenvalue weighted by atomic mass is 35.5. The van der Waals surface area contributed by atoms with E-state index in [1.807, 2.05) is 9.80 Å². The standard InChI is InChI=1S/C17H26N4O2S.ClH/c18-11-15-19-14(12-24-15)17(23)21-7-3-6-20(8-9-21)16(22)10-13-4-1-2-5-13;/h12-13H,1-11,18H2;1H. The molecule has 2 fully saturated rings. The van der Waals surface area contributed by atoms with Gasteiger partial charge in [-0.05, 0) is 25.2 Å². The Morgan fingerprint density at radius 2 is 1.80 bits per heavy atom. The van der Waals surface area contributed by atoms with Crippen molar-refractivity contribution in [1.29, 1.82) is 0 Å². The average molecular weight is 387 g/mol. The first kappa shape index (κ1) is 20.1. The van der Waals surface area contributed by atoms with Crippen LogP contribution in [0.5, 0.6) is 0 Å². The minimum Gasteiger partial charge on any atom is -0.341 e. The van der Waals surface area contributed by atoms with Crippen molar-refractivity contribution >= 4 is 35.6 Å². The molecule has 25 heavy (non-hydrogen) atoms. The van der Waals surface area contributed by atoms with Gasteiger partial charge in [0, 0.05) is 44.5 Å². The lowest BCUT2D eigenvalue weighted by Gasteiger charge is -2.23. The van der Waals surface area contributed by atoms with E-state index < -0.39 is 0 Å². The molecule has 1 aromatic heterocycles. The zero-order valence-electron chi connectivity index (χ0n) is 14.5. The van der Waals surface area contributed by atoms with Gasteiger partial charge in [0.2, 0.25) is 5.91 Å². The molecule has 1 aliphatic carbocycles. The van der Waals surface area contributed by atoms with Crippen molar-refractivity contribution in [1.82, 2.24) is 14.8 Å². The summed E-state index contributed by atoms with van der Waals surface area (Å²) in [7, 11) is 0. The molecule has 1 aromatic rings. The van der Waals surface area contributed by atoms with Gasteiger partial charge in [-0.1, -0.05) is 12.8 Å². The Hall–Kier alpha value is -1.18. The second-order valence-corrected chi connectivity index (χ2v) is 7.65. The third-order valence-corrected chi connectivity index (χ3v) is 5.89. The minimum absolute atomic E-state index is 0. The van der Waals surface area contributed by atoms with Gasteiger partial charge >= 0.3 is 0 Å². The zero-order chi connectivity index (χ0) is 16.9. The number of halogens is 1. The highest BCUT2D eigenvalue weighted by Crippen LogP contribution is 2.28. The van der Waals surface area contributed by atoms with Crippen LogP contribution in [0.3, 0.4) is 0 Å². The first-order valence-corrected chi connectivity index (χ1v) is 9.77. The molecule has 3 rings (SSSR count). The van der Waals surface area contributed by atoms with Crippen molar-refractivity contribution in [2.45, 2.75) is 45.1 Å². The van der Waals surface area contributed by atoms with Gasteiger partial charge < -0.3 is 15.5 Å². The van der Waals surface area contributed by atoms with E-state index in [9.17, 15) is 9.59 Å². The molecule has 2 amide bonds. The molecule has 1 aliphatic heterocycles. The monoisotopic (exact) mass is 386 g/mol. The molecule has 2 N–H and O–H groups in total. The number of hydrogen-bond donors (Lipinski definition) is 1. The molecular formula is C17H27ClN4O2S. The molecule has 0 spiro atoms. The number of carbonyl (C=O) groups is 2. The maximum atomic E-state index is 12.6. The second kappa shape index (κ2) is 9.50. The molecule has 2 heterocycles. The fraction of sp³-hybridized carbons (Fsp3) is 0.706. The fourth-order valence-electron chi connectivity index (χ4n) is 3.63. The molecule has 0 unspecified atom stereocenters. The lowest BCUT2D eigenvalue weighted by Crippen LogP contribution is -2.37. The molecular weight excluding hydrogens is 360 g/mol. The molecule has 0 atom stereocenters. The van der Waals surface area contributed by atoms with Gasteiger partial charge in [-0.15, -0.1) is 23.7 Å². The van der Waals surface area contributed by atoms with E-state index in [0.717, 1.165) is 18.0 Å². The molecule has 6 nitrogen and oxygen atoms in total. The first-order chi connectivity index (χ1) is 11.7. The molecule has 8 heteroatoms. The summed E-state index contributed by atoms with van der Waals surface area (Å²) in [5.74, 6) is 0.787. The van der Waals surface area contributed by atoms with Crippen LogP contribution < -0.4 is 5.73 Å². The van der Waals surface area contributed by atoms with Crippen LogP contribution in [0, 0.1) is 5.92 Å². The van der Waals surface area contributed by atoms with Gasteiger partial charge in [-0.3, -0.25) is 9.59 Å². The van der Waals surface area contributed by atoms with Gasteiger partial charge in [-0.2, -0.15) is 0 Å². The Labute approximate surface area is 159 Å². The van der Waals surface area contributed by atoms with E-state index in [4.69, 9.17) is 5.73 Å². The Morgan fingerprint density at radius 1 is 1.12 bits per heavy atom. The number of hydrogen-bond acceptors (Lipinski definition) is 5. The van der Waals surface area contributed by atoms with E-state index >= 15 is 0 Å². The van der Waals surface area contributed by atoms with Crippen molar-refractivity contribution in [3.8, 4) is 0 Å². The van der Waals surface area contributed by atoms with Crippen LogP contribution in [0.15, 0.2) is 5.38 Å². The van der Waals surface area contributed by atoms with Crippen LogP contribution in [0.4, 0.5) is 0 Å². The number of nitrogens with two attached hydrogens (primary N) is 1. The summed E-state index contributed by atoms with van der Waals surface area (Å²) in [6.45, 7) is 3.01. The van der Waals surface area contributed by atoms with E-state index in [-0.39, 0.29) is 24.2 Å². The Balaban J connectivity index is 0.00000225. The quantitative estimate of drug-likeness (QED) is 0.860. The summed E-state index contributed by atoms with van der Waals surface area (Å²) in [5.41, 5.74) is 6.04. The van der Waals surface area contributed by atoms with Crippen LogP contribution in [-0.2, 0) is 11.3 Å². The van der Waals surface area contributed by atoms with Gasteiger partial charge in [0.05, 0.1) is 0 Å². The highest BCUT2D eigenvalue weighted by molar-refractivity contribution is 7.09. The largest absolute Gasteiger partial charge is 0.341 e. The van der Waals surface area contributed by atoms with Crippen LogP contribution in [0.25, 0.3) is 0 Å². The summed E-state index contributed by atoms with van der Waals surface area (Å²) in [5, 5.41) is 2.56. The summed E-state index contributed by atoms with van der Waals surface area (Å²) >= 11 is 1.42. The summed E-state index contributed by atoms with van der Waals surface area (Å²) in [6.07, 6.45) is 6.42. The second-order valence-electron chi connectivity index (χ2n) is 6.71. The number of carbonyl (C=O) groups excluding carboxylic acids is 2. The number of nitrogens with zero attached hydrogens (tertiary/aromatic N) is 3. The summed E-state index contributed by atoms with van der Waals surface area (Å²) in [6, 6.07) is 0. The summed E-state index contributed by atoms with van der Waals surface area (Å²) < 4.78 is 0. The maximum absolute atomic E-state index is 12.6. The molecule has 1 saturated carbocycles. The van der Waals surface area contributed by atoms with Crippen LogP contribution in [0.1, 0.15) is 54.0 Å². The van der Waals surface area contributed by atoms with E-state index in [2.05, 4.69) is 4.98 Å². The van der Waals surface area contributed by atoms with Gasteiger partial charge in [0.15, 0.2) is 0 Å². The third-order valence-electron chi connectivity index (χ3n) is 5.02. The van der Waals surface area contributed by atoms with Crippen molar-refractivity contribution in [3.63, 3.8) is 0 Å². The predicted octanol–water partition coefficient (Wildman–Crippen LogP) is 2.28. The topological polar surface area (TPSA) is 79.5 Å². The summed E-state index contributed by atoms with van der Waals surface area (Å²) in [4.78, 5) is 33.1. The van der Waals surface area contributed by atoms with Gasteiger partial charge in [0.1, 0.15) is 10.7 Å². The molecule has 140 valence electrons. The first-order valence-electron chi connectivity index (χ1n) is 8.89. The zero-order valence-corrected chi connectivity index (χ0v) is 16.1. The number of thiazole rings is 1. The normalized spacial score (nSPS) is 18.8. The third kappa shape index (κ3) is 5.15. The van der Waals surface area contributed by atoms with Crippen molar-refractivity contribution in [3.05, 3.63) is 16.1 Å². The number of rotatable bonds is 4. The molecule has 1 saturated heterocycles. The lowest BCUT2D eigenvalue weighted by atomic mass is 10.0. The Morgan fingerprint density at radius 3 is 2.48 bits per heavy atom. The molecule has 2 aliphatic rings. The maximum Gasteiger partial charge on any atom is 0.273 e. The number of aromatic nitrogens is 1. The predicted molar refractivity (Wildman–Crippen MR) is 101 cm³/mol. The highest BCUT2D eigenvalue weighted by Gasteiger charge is 2.26. The van der Waals surface area contributed by atoms with Crippen LogP contribution >= 0.6 is 23.7 Å². The SMILES string of the molecule is Cl.NCc1nc(C(=O)N2CCCN(C(=O)CC3CCCC3)CC2)cs1. The smallest absolute Gasteiger partial charge is 0.273 e. The van der Waals surface area contributed by atoms with Crippen LogP contribution in [0.2, 0.25) is 0 Å². The molecule has 0 bridgehead atoms. The van der Waals surface area contributed by atoms with E-state index in [1.165, 1.54) is 37.0 Å². The average Bonchev–Trinajstić information content (AvgIpc) is 3.21. The molecule has 0 aromatic carbocycles. The minimum atomic E-state index is -0.0453. The van der Waals surface area contributed by atoms with Gasteiger partial charge in [0.25, 0.3) is 5.91 Å². The Kier molecular flexibility index (Phi) is 7.65.